The maximum Gasteiger partial charge on any atom is 0.224 e. The Morgan fingerprint density at radius 2 is 2.50 bits per heavy atom. The molecule has 0 aliphatic carbocycles. The van der Waals surface area contributed by atoms with Crippen molar-refractivity contribution in [3.05, 3.63) is 12.4 Å². The predicted octanol–water partition coefficient (Wildman–Crippen LogP) is -0.511. The van der Waals surface area contributed by atoms with Gasteiger partial charge >= 0.3 is 0 Å². The van der Waals surface area contributed by atoms with Crippen molar-refractivity contribution in [2.75, 3.05) is 19.6 Å². The van der Waals surface area contributed by atoms with Gasteiger partial charge in [0.15, 0.2) is 0 Å². The lowest BCUT2D eigenvalue weighted by molar-refractivity contribution is -0.134. The number of rotatable bonds is 3. The highest BCUT2D eigenvalue weighted by Crippen LogP contribution is 2.05. The molecule has 0 saturated carbocycles. The minimum Gasteiger partial charge on any atom is -0.337 e. The van der Waals surface area contributed by atoms with E-state index in [4.69, 9.17) is 0 Å². The van der Waals surface area contributed by atoms with Crippen molar-refractivity contribution in [1.82, 2.24) is 25.2 Å². The van der Waals surface area contributed by atoms with E-state index in [1.54, 1.807) is 17.1 Å². The number of nitrogens with one attached hydrogen (secondary N) is 1. The second-order valence-corrected chi connectivity index (χ2v) is 4.06. The van der Waals surface area contributed by atoms with Crippen LogP contribution >= 0.6 is 0 Å². The topological polar surface area (TPSA) is 63.1 Å². The molecule has 16 heavy (non-hydrogen) atoms. The lowest BCUT2D eigenvalue weighted by Crippen LogP contribution is -2.52. The number of hydrogen-bond donors (Lipinski definition) is 1. The standard InChI is InChI=1S/C10H17N5O/c1-9-8-11-3-7-15(9)10(16)2-5-14-6-4-12-13-14/h4,6,9,11H,2-3,5,7-8H2,1H3/t9-/m1/s1. The van der Waals surface area contributed by atoms with Gasteiger partial charge in [-0.25, -0.2) is 0 Å². The van der Waals surface area contributed by atoms with Gasteiger partial charge in [0, 0.05) is 38.3 Å². The third kappa shape index (κ3) is 2.57. The summed E-state index contributed by atoms with van der Waals surface area (Å²) in [6.07, 6.45) is 3.89. The van der Waals surface area contributed by atoms with Gasteiger partial charge in [0.1, 0.15) is 0 Å². The second-order valence-electron chi connectivity index (χ2n) is 4.06. The van der Waals surface area contributed by atoms with Gasteiger partial charge in [-0.1, -0.05) is 5.21 Å². The van der Waals surface area contributed by atoms with E-state index in [-0.39, 0.29) is 11.9 Å². The molecule has 0 spiro atoms. The number of nitrogens with zero attached hydrogens (tertiary/aromatic N) is 4. The minimum atomic E-state index is 0.199. The number of amides is 1. The highest BCUT2D eigenvalue weighted by Gasteiger charge is 2.22. The van der Waals surface area contributed by atoms with Crippen molar-refractivity contribution in [3.8, 4) is 0 Å². The highest BCUT2D eigenvalue weighted by molar-refractivity contribution is 5.76. The van der Waals surface area contributed by atoms with Gasteiger partial charge in [0.2, 0.25) is 5.91 Å². The molecule has 2 heterocycles. The van der Waals surface area contributed by atoms with Crippen LogP contribution < -0.4 is 5.32 Å². The molecule has 1 N–H and O–H groups in total. The molecule has 6 nitrogen and oxygen atoms in total. The van der Waals surface area contributed by atoms with E-state index in [1.165, 1.54) is 0 Å². The first kappa shape index (κ1) is 11.1. The summed E-state index contributed by atoms with van der Waals surface area (Å²) in [4.78, 5) is 13.9. The van der Waals surface area contributed by atoms with E-state index in [1.807, 2.05) is 4.90 Å². The normalized spacial score (nSPS) is 21.1. The number of carbonyl (C=O) groups is 1. The molecule has 1 aliphatic heterocycles. The third-order valence-electron chi connectivity index (χ3n) is 2.85. The summed E-state index contributed by atoms with van der Waals surface area (Å²) >= 11 is 0. The van der Waals surface area contributed by atoms with Crippen molar-refractivity contribution >= 4 is 5.91 Å². The van der Waals surface area contributed by atoms with Crippen LogP contribution in [-0.2, 0) is 11.3 Å². The molecule has 0 aromatic carbocycles. The van der Waals surface area contributed by atoms with E-state index in [9.17, 15) is 4.79 Å². The minimum absolute atomic E-state index is 0.199. The fourth-order valence-corrected chi connectivity index (χ4v) is 1.92. The molecule has 1 aromatic rings. The van der Waals surface area contributed by atoms with Gasteiger partial charge in [-0.2, -0.15) is 0 Å². The Kier molecular flexibility index (Phi) is 3.51. The van der Waals surface area contributed by atoms with Crippen LogP contribution in [0.5, 0.6) is 0 Å². The molecule has 0 unspecified atom stereocenters. The van der Waals surface area contributed by atoms with Crippen LogP contribution in [-0.4, -0.2) is 51.5 Å². The van der Waals surface area contributed by atoms with Gasteiger partial charge in [-0.3, -0.25) is 9.48 Å². The van der Waals surface area contributed by atoms with Crippen LogP contribution in [0.4, 0.5) is 0 Å². The van der Waals surface area contributed by atoms with Crippen LogP contribution in [0.15, 0.2) is 12.4 Å². The monoisotopic (exact) mass is 223 g/mol. The Bertz CT molecular complexity index is 337. The molecule has 88 valence electrons. The van der Waals surface area contributed by atoms with Gasteiger partial charge < -0.3 is 10.2 Å². The van der Waals surface area contributed by atoms with Crippen molar-refractivity contribution in [2.24, 2.45) is 0 Å². The van der Waals surface area contributed by atoms with Crippen molar-refractivity contribution in [2.45, 2.75) is 25.9 Å². The zero-order valence-corrected chi connectivity index (χ0v) is 9.46. The van der Waals surface area contributed by atoms with Gasteiger partial charge in [-0.15, -0.1) is 5.10 Å². The van der Waals surface area contributed by atoms with Crippen molar-refractivity contribution in [3.63, 3.8) is 0 Å². The zero-order valence-electron chi connectivity index (χ0n) is 9.46. The van der Waals surface area contributed by atoms with Crippen LogP contribution in [0.2, 0.25) is 0 Å². The first-order chi connectivity index (χ1) is 7.77. The number of hydrogen-bond acceptors (Lipinski definition) is 4. The number of aromatic nitrogens is 3. The Morgan fingerprint density at radius 3 is 3.19 bits per heavy atom. The average Bonchev–Trinajstić information content (AvgIpc) is 2.79. The van der Waals surface area contributed by atoms with Crippen molar-refractivity contribution < 1.29 is 4.79 Å². The Labute approximate surface area is 94.6 Å². The lowest BCUT2D eigenvalue weighted by Gasteiger charge is -2.34. The molecular formula is C10H17N5O. The maximum atomic E-state index is 11.9. The van der Waals surface area contributed by atoms with E-state index < -0.39 is 0 Å². The number of carbonyl (C=O) groups excluding carboxylic acids is 1. The SMILES string of the molecule is C[C@@H]1CNCCN1C(=O)CCn1ccnn1. The molecule has 1 amide bonds. The van der Waals surface area contributed by atoms with Crippen LogP contribution in [0.25, 0.3) is 0 Å². The van der Waals surface area contributed by atoms with E-state index in [0.717, 1.165) is 19.6 Å². The smallest absolute Gasteiger partial charge is 0.224 e. The summed E-state index contributed by atoms with van der Waals surface area (Å²) in [7, 11) is 0. The molecule has 2 rings (SSSR count). The second kappa shape index (κ2) is 5.07. The van der Waals surface area contributed by atoms with Gasteiger partial charge in [0.05, 0.1) is 12.7 Å². The van der Waals surface area contributed by atoms with Gasteiger partial charge in [-0.05, 0) is 6.92 Å². The van der Waals surface area contributed by atoms with Gasteiger partial charge in [0.25, 0.3) is 0 Å². The first-order valence-electron chi connectivity index (χ1n) is 5.61. The van der Waals surface area contributed by atoms with Crippen LogP contribution in [0.3, 0.4) is 0 Å². The summed E-state index contributed by atoms with van der Waals surface area (Å²) in [6.45, 7) is 5.25. The summed E-state index contributed by atoms with van der Waals surface area (Å²) in [6, 6.07) is 0.289. The third-order valence-corrected chi connectivity index (χ3v) is 2.85. The molecule has 1 saturated heterocycles. The fourth-order valence-electron chi connectivity index (χ4n) is 1.92. The fraction of sp³-hybridized carbons (Fsp3) is 0.700. The molecule has 1 aliphatic rings. The predicted molar refractivity (Wildman–Crippen MR) is 58.7 cm³/mol. The van der Waals surface area contributed by atoms with E-state index in [0.29, 0.717) is 13.0 Å². The van der Waals surface area contributed by atoms with Crippen LogP contribution in [0, 0.1) is 0 Å². The van der Waals surface area contributed by atoms with E-state index in [2.05, 4.69) is 22.6 Å². The number of piperazine rings is 1. The Hall–Kier alpha value is -1.43. The van der Waals surface area contributed by atoms with Crippen molar-refractivity contribution in [1.29, 1.82) is 0 Å². The summed E-state index contributed by atoms with van der Waals surface area (Å²) in [5.74, 6) is 0.199. The van der Waals surface area contributed by atoms with Crippen LogP contribution in [0.1, 0.15) is 13.3 Å². The summed E-state index contributed by atoms with van der Waals surface area (Å²) < 4.78 is 1.69. The molecule has 1 atom stereocenters. The number of aryl methyl sites for hydroxylation is 1. The Morgan fingerprint density at radius 1 is 1.62 bits per heavy atom. The molecular weight excluding hydrogens is 206 g/mol. The highest BCUT2D eigenvalue weighted by atomic mass is 16.2. The first-order valence-corrected chi connectivity index (χ1v) is 5.61. The molecule has 1 aromatic heterocycles. The average molecular weight is 223 g/mol. The zero-order chi connectivity index (χ0) is 11.4. The molecule has 1 fully saturated rings. The summed E-state index contributed by atoms with van der Waals surface area (Å²) in [5, 5.41) is 10.8. The molecule has 6 heteroatoms. The quantitative estimate of drug-likeness (QED) is 0.749. The largest absolute Gasteiger partial charge is 0.337 e. The van der Waals surface area contributed by atoms with E-state index >= 15 is 0 Å². The molecule has 0 bridgehead atoms. The molecule has 0 radical (unpaired) electrons. The Balaban J connectivity index is 1.83. The lowest BCUT2D eigenvalue weighted by atomic mass is 10.2. The summed E-state index contributed by atoms with van der Waals surface area (Å²) in [5.41, 5.74) is 0. The maximum absolute atomic E-state index is 11.9.